The molecule has 0 amide bonds. The van der Waals surface area contributed by atoms with Crippen molar-refractivity contribution in [1.82, 2.24) is 0 Å². The van der Waals surface area contributed by atoms with E-state index >= 15 is 0 Å². The second kappa shape index (κ2) is 6.07. The Balaban J connectivity index is 2.30. The van der Waals surface area contributed by atoms with Gasteiger partial charge < -0.3 is 9.84 Å². The van der Waals surface area contributed by atoms with Gasteiger partial charge in [-0.05, 0) is 31.9 Å². The second-order valence-corrected chi connectivity index (χ2v) is 5.41. The molecular formula is C16H20O4. The maximum atomic E-state index is 12.6. The maximum absolute atomic E-state index is 12.6. The van der Waals surface area contributed by atoms with Crippen LogP contribution in [-0.2, 0) is 9.53 Å². The van der Waals surface area contributed by atoms with Gasteiger partial charge in [-0.15, -0.1) is 0 Å². The van der Waals surface area contributed by atoms with E-state index in [1.807, 2.05) is 6.92 Å². The van der Waals surface area contributed by atoms with Crippen LogP contribution in [0.5, 0.6) is 5.75 Å². The van der Waals surface area contributed by atoms with Gasteiger partial charge in [-0.3, -0.25) is 9.59 Å². The summed E-state index contributed by atoms with van der Waals surface area (Å²) in [4.78, 5) is 24.5. The first-order valence-corrected chi connectivity index (χ1v) is 6.96. The molecule has 2 rings (SSSR count). The minimum Gasteiger partial charge on any atom is -0.507 e. The van der Waals surface area contributed by atoms with Crippen LogP contribution in [0.3, 0.4) is 0 Å². The van der Waals surface area contributed by atoms with Gasteiger partial charge in [0.2, 0.25) is 0 Å². The molecule has 0 heterocycles. The third-order valence-corrected chi connectivity index (χ3v) is 4.02. The first-order chi connectivity index (χ1) is 9.54. The first kappa shape index (κ1) is 14.6. The molecule has 0 aliphatic heterocycles. The molecule has 1 aromatic carbocycles. The molecular weight excluding hydrogens is 256 g/mol. The van der Waals surface area contributed by atoms with Crippen LogP contribution in [0.4, 0.5) is 0 Å². The largest absolute Gasteiger partial charge is 0.507 e. The van der Waals surface area contributed by atoms with Gasteiger partial charge in [-0.2, -0.15) is 0 Å². The van der Waals surface area contributed by atoms with Gasteiger partial charge >= 0.3 is 5.97 Å². The summed E-state index contributed by atoms with van der Waals surface area (Å²) in [5.41, 5.74) is 1.22. The van der Waals surface area contributed by atoms with Crippen LogP contribution in [0.1, 0.15) is 41.6 Å². The Morgan fingerprint density at radius 2 is 1.85 bits per heavy atom. The number of carbonyl (C=O) groups excluding carboxylic acids is 2. The van der Waals surface area contributed by atoms with E-state index in [4.69, 9.17) is 4.74 Å². The number of rotatable bonds is 3. The van der Waals surface area contributed by atoms with E-state index in [9.17, 15) is 14.7 Å². The molecule has 0 spiro atoms. The number of Topliss-reactive ketones (excluding diaryl/α,β-unsaturated/α-hetero) is 1. The SMILES string of the molecule is COC(=O)[C@H]1CCCC[C@H]1C(=O)c1cc(C)ccc1O. The summed E-state index contributed by atoms with van der Waals surface area (Å²) in [6.45, 7) is 1.87. The van der Waals surface area contributed by atoms with Crippen molar-refractivity contribution < 1.29 is 19.4 Å². The topological polar surface area (TPSA) is 63.6 Å². The first-order valence-electron chi connectivity index (χ1n) is 6.96. The van der Waals surface area contributed by atoms with Crippen molar-refractivity contribution in [1.29, 1.82) is 0 Å². The number of ketones is 1. The standard InChI is InChI=1S/C16H20O4/c1-10-7-8-14(17)13(9-10)15(18)11-5-3-4-6-12(11)16(19)20-2/h7-9,11-12,17H,3-6H2,1-2H3/t11-,12+/m1/s1. The molecule has 1 N–H and O–H groups in total. The third-order valence-electron chi connectivity index (χ3n) is 4.02. The predicted octanol–water partition coefficient (Wildman–Crippen LogP) is 2.86. The number of ether oxygens (including phenoxy) is 1. The lowest BCUT2D eigenvalue weighted by Crippen LogP contribution is -2.33. The molecule has 2 atom stereocenters. The van der Waals surface area contributed by atoms with Crippen molar-refractivity contribution in [2.45, 2.75) is 32.6 Å². The Hall–Kier alpha value is -1.84. The maximum Gasteiger partial charge on any atom is 0.309 e. The number of hydrogen-bond acceptors (Lipinski definition) is 4. The summed E-state index contributed by atoms with van der Waals surface area (Å²) < 4.78 is 4.81. The number of aryl methyl sites for hydroxylation is 1. The molecule has 0 bridgehead atoms. The molecule has 108 valence electrons. The monoisotopic (exact) mass is 276 g/mol. The highest BCUT2D eigenvalue weighted by atomic mass is 16.5. The van der Waals surface area contributed by atoms with Crippen LogP contribution in [0, 0.1) is 18.8 Å². The number of phenolic OH excluding ortho intramolecular Hbond substituents is 1. The van der Waals surface area contributed by atoms with Gasteiger partial charge in [0.1, 0.15) is 5.75 Å². The smallest absolute Gasteiger partial charge is 0.309 e. The number of methoxy groups -OCH3 is 1. The normalized spacial score (nSPS) is 22.3. The highest BCUT2D eigenvalue weighted by molar-refractivity contribution is 6.02. The number of carbonyl (C=O) groups is 2. The molecule has 4 nitrogen and oxygen atoms in total. The molecule has 1 fully saturated rings. The van der Waals surface area contributed by atoms with E-state index in [0.717, 1.165) is 18.4 Å². The predicted molar refractivity (Wildman–Crippen MR) is 74.6 cm³/mol. The summed E-state index contributed by atoms with van der Waals surface area (Å²) in [7, 11) is 1.35. The highest BCUT2D eigenvalue weighted by Gasteiger charge is 2.37. The number of phenols is 1. The fourth-order valence-electron chi connectivity index (χ4n) is 2.93. The van der Waals surface area contributed by atoms with Gasteiger partial charge in [0, 0.05) is 5.92 Å². The zero-order valence-electron chi connectivity index (χ0n) is 11.9. The number of hydrogen-bond donors (Lipinski definition) is 1. The second-order valence-electron chi connectivity index (χ2n) is 5.41. The highest BCUT2D eigenvalue weighted by Crippen LogP contribution is 2.35. The average molecular weight is 276 g/mol. The average Bonchev–Trinajstić information content (AvgIpc) is 2.48. The molecule has 1 saturated carbocycles. The lowest BCUT2D eigenvalue weighted by Gasteiger charge is -2.28. The van der Waals surface area contributed by atoms with Gasteiger partial charge in [-0.1, -0.05) is 24.5 Å². The Morgan fingerprint density at radius 1 is 1.20 bits per heavy atom. The van der Waals surface area contributed by atoms with E-state index in [1.54, 1.807) is 12.1 Å². The van der Waals surface area contributed by atoms with Crippen molar-refractivity contribution in [2.24, 2.45) is 11.8 Å². The van der Waals surface area contributed by atoms with Crippen molar-refractivity contribution in [2.75, 3.05) is 7.11 Å². The number of esters is 1. The van der Waals surface area contributed by atoms with Crippen molar-refractivity contribution in [3.8, 4) is 5.75 Å². The Bertz CT molecular complexity index is 521. The fourth-order valence-corrected chi connectivity index (χ4v) is 2.93. The number of benzene rings is 1. The summed E-state index contributed by atoms with van der Waals surface area (Å²) >= 11 is 0. The third kappa shape index (κ3) is 2.84. The molecule has 0 unspecified atom stereocenters. The van der Waals surface area contributed by atoms with Crippen molar-refractivity contribution >= 4 is 11.8 Å². The molecule has 0 saturated heterocycles. The molecule has 0 radical (unpaired) electrons. The lowest BCUT2D eigenvalue weighted by atomic mass is 9.75. The summed E-state index contributed by atoms with van der Waals surface area (Å²) in [5, 5.41) is 9.88. The van der Waals surface area contributed by atoms with E-state index in [1.165, 1.54) is 13.2 Å². The molecule has 4 heteroatoms. The van der Waals surface area contributed by atoms with Crippen LogP contribution in [0.2, 0.25) is 0 Å². The van der Waals surface area contributed by atoms with E-state index in [2.05, 4.69) is 0 Å². The van der Waals surface area contributed by atoms with Crippen LogP contribution in [0.15, 0.2) is 18.2 Å². The van der Waals surface area contributed by atoms with Crippen molar-refractivity contribution in [3.63, 3.8) is 0 Å². The molecule has 1 aliphatic rings. The van der Waals surface area contributed by atoms with E-state index in [-0.39, 0.29) is 29.3 Å². The molecule has 20 heavy (non-hydrogen) atoms. The van der Waals surface area contributed by atoms with Gasteiger partial charge in [-0.25, -0.2) is 0 Å². The minimum atomic E-state index is -0.388. The van der Waals surface area contributed by atoms with Gasteiger partial charge in [0.15, 0.2) is 5.78 Å². The number of aromatic hydroxyl groups is 1. The summed E-state index contributed by atoms with van der Waals surface area (Å²) in [5.74, 6) is -1.27. The lowest BCUT2D eigenvalue weighted by molar-refractivity contribution is -0.147. The molecule has 1 aromatic rings. The Morgan fingerprint density at radius 3 is 2.50 bits per heavy atom. The minimum absolute atomic E-state index is 0.0187. The van der Waals surface area contributed by atoms with Crippen LogP contribution < -0.4 is 0 Å². The zero-order valence-corrected chi connectivity index (χ0v) is 11.9. The van der Waals surface area contributed by atoms with Gasteiger partial charge in [0.05, 0.1) is 18.6 Å². The van der Waals surface area contributed by atoms with Crippen LogP contribution in [0.25, 0.3) is 0 Å². The van der Waals surface area contributed by atoms with Crippen LogP contribution in [-0.4, -0.2) is 24.0 Å². The Labute approximate surface area is 118 Å². The quantitative estimate of drug-likeness (QED) is 0.681. The fraction of sp³-hybridized carbons (Fsp3) is 0.500. The summed E-state index contributed by atoms with van der Waals surface area (Å²) in [6.07, 6.45) is 3.21. The molecule has 1 aliphatic carbocycles. The van der Waals surface area contributed by atoms with Crippen molar-refractivity contribution in [3.05, 3.63) is 29.3 Å². The summed E-state index contributed by atoms with van der Waals surface area (Å²) in [6, 6.07) is 4.96. The van der Waals surface area contributed by atoms with E-state index < -0.39 is 0 Å². The van der Waals surface area contributed by atoms with Crippen LogP contribution >= 0.6 is 0 Å². The van der Waals surface area contributed by atoms with Gasteiger partial charge in [0.25, 0.3) is 0 Å². The molecule has 0 aromatic heterocycles. The zero-order chi connectivity index (χ0) is 14.7. The Kier molecular flexibility index (Phi) is 4.42. The van der Waals surface area contributed by atoms with E-state index in [0.29, 0.717) is 18.4 Å².